The second-order valence-electron chi connectivity index (χ2n) is 8.62. The Morgan fingerprint density at radius 1 is 0.964 bits per heavy atom. The van der Waals surface area contributed by atoms with Crippen molar-refractivity contribution in [2.45, 2.75) is 64.2 Å². The van der Waals surface area contributed by atoms with Crippen LogP contribution in [0, 0.1) is 0 Å². The van der Waals surface area contributed by atoms with Gasteiger partial charge < -0.3 is 18.8 Å². The van der Waals surface area contributed by atoms with Crippen LogP contribution in [0.25, 0.3) is 0 Å². The standard InChI is InChI=1S/C20H30BF2NO4/c1-18(2)19(3,4)28-21(27-18)14-11-16(25-5)15(17(12-14)26-6)13-24-9-7-20(22,23)8-10-24/h11-12H,7-10,13H2,1-6H3. The number of hydrogen-bond donors (Lipinski definition) is 0. The monoisotopic (exact) mass is 397 g/mol. The Morgan fingerprint density at radius 2 is 1.43 bits per heavy atom. The number of nitrogens with zero attached hydrogens (tertiary/aromatic N) is 1. The Bertz CT molecular complexity index is 675. The predicted octanol–water partition coefficient (Wildman–Crippen LogP) is 3.23. The van der Waals surface area contributed by atoms with Crippen molar-refractivity contribution in [2.24, 2.45) is 0 Å². The van der Waals surface area contributed by atoms with Crippen LogP contribution < -0.4 is 14.9 Å². The van der Waals surface area contributed by atoms with Gasteiger partial charge >= 0.3 is 7.12 Å². The molecule has 0 aliphatic carbocycles. The molecule has 0 spiro atoms. The molecule has 2 aliphatic rings. The molecule has 2 heterocycles. The largest absolute Gasteiger partial charge is 0.496 e. The van der Waals surface area contributed by atoms with Gasteiger partial charge in [0, 0.05) is 32.5 Å². The molecule has 2 fully saturated rings. The van der Waals surface area contributed by atoms with Gasteiger partial charge in [-0.15, -0.1) is 0 Å². The molecule has 0 radical (unpaired) electrons. The normalized spacial score (nSPS) is 23.6. The number of ether oxygens (including phenoxy) is 2. The first-order valence-electron chi connectivity index (χ1n) is 9.69. The van der Waals surface area contributed by atoms with Crippen LogP contribution in [-0.2, 0) is 15.9 Å². The summed E-state index contributed by atoms with van der Waals surface area (Å²) in [7, 11) is 2.66. The highest BCUT2D eigenvalue weighted by Crippen LogP contribution is 2.38. The van der Waals surface area contributed by atoms with Gasteiger partial charge in [0.15, 0.2) is 0 Å². The average molecular weight is 397 g/mol. The van der Waals surface area contributed by atoms with Crippen LogP contribution >= 0.6 is 0 Å². The number of halogens is 2. The third-order valence-corrected chi connectivity index (χ3v) is 6.12. The van der Waals surface area contributed by atoms with Crippen LogP contribution in [0.4, 0.5) is 8.78 Å². The molecule has 0 bridgehead atoms. The van der Waals surface area contributed by atoms with Crippen LogP contribution in [0.5, 0.6) is 11.5 Å². The molecular formula is C20H30BF2NO4. The Morgan fingerprint density at radius 3 is 1.86 bits per heavy atom. The first-order valence-corrected chi connectivity index (χ1v) is 9.69. The summed E-state index contributed by atoms with van der Waals surface area (Å²) in [5, 5.41) is 0. The van der Waals surface area contributed by atoms with Gasteiger partial charge in [-0.05, 0) is 45.3 Å². The van der Waals surface area contributed by atoms with E-state index in [1.165, 1.54) is 0 Å². The van der Waals surface area contributed by atoms with E-state index in [1.54, 1.807) is 14.2 Å². The minimum atomic E-state index is -2.56. The highest BCUT2D eigenvalue weighted by molar-refractivity contribution is 6.62. The van der Waals surface area contributed by atoms with Gasteiger partial charge in [-0.1, -0.05) is 0 Å². The van der Waals surface area contributed by atoms with E-state index in [9.17, 15) is 8.78 Å². The summed E-state index contributed by atoms with van der Waals surface area (Å²) in [6.45, 7) is 9.19. The van der Waals surface area contributed by atoms with Gasteiger partial charge in [-0.2, -0.15) is 0 Å². The Hall–Kier alpha value is -1.38. The number of piperidine rings is 1. The van der Waals surface area contributed by atoms with Crippen molar-refractivity contribution in [2.75, 3.05) is 27.3 Å². The molecule has 28 heavy (non-hydrogen) atoms. The third kappa shape index (κ3) is 4.14. The van der Waals surface area contributed by atoms with Crippen molar-refractivity contribution < 1.29 is 27.6 Å². The summed E-state index contributed by atoms with van der Waals surface area (Å²) in [6, 6.07) is 3.77. The second kappa shape index (κ2) is 7.46. The lowest BCUT2D eigenvalue weighted by molar-refractivity contribution is -0.0567. The molecular weight excluding hydrogens is 367 g/mol. The summed E-state index contributed by atoms with van der Waals surface area (Å²) in [5.74, 6) is -1.28. The van der Waals surface area contributed by atoms with Crippen LogP contribution in [0.15, 0.2) is 12.1 Å². The third-order valence-electron chi connectivity index (χ3n) is 6.12. The lowest BCUT2D eigenvalue weighted by Gasteiger charge is -2.32. The zero-order chi connectivity index (χ0) is 20.7. The summed E-state index contributed by atoms with van der Waals surface area (Å²) in [5.41, 5.74) is 0.753. The molecule has 8 heteroatoms. The highest BCUT2D eigenvalue weighted by Gasteiger charge is 2.52. The number of benzene rings is 1. The molecule has 0 atom stereocenters. The quantitative estimate of drug-likeness (QED) is 0.714. The summed E-state index contributed by atoms with van der Waals surface area (Å²) >= 11 is 0. The van der Waals surface area contributed by atoms with Crippen molar-refractivity contribution in [1.29, 1.82) is 0 Å². The van der Waals surface area contributed by atoms with Gasteiger partial charge in [0.1, 0.15) is 11.5 Å². The zero-order valence-electron chi connectivity index (χ0n) is 17.6. The molecule has 0 unspecified atom stereocenters. The minimum Gasteiger partial charge on any atom is -0.496 e. The maximum atomic E-state index is 13.5. The predicted molar refractivity (Wildman–Crippen MR) is 105 cm³/mol. The molecule has 0 aromatic heterocycles. The fourth-order valence-electron chi connectivity index (χ4n) is 3.54. The molecule has 3 rings (SSSR count). The van der Waals surface area contributed by atoms with Crippen molar-refractivity contribution in [3.63, 3.8) is 0 Å². The fourth-order valence-corrected chi connectivity index (χ4v) is 3.54. The van der Waals surface area contributed by atoms with Crippen molar-refractivity contribution in [3.05, 3.63) is 17.7 Å². The summed E-state index contributed by atoms with van der Waals surface area (Å²) in [4.78, 5) is 2.01. The molecule has 5 nitrogen and oxygen atoms in total. The molecule has 2 saturated heterocycles. The number of hydrogen-bond acceptors (Lipinski definition) is 5. The van der Waals surface area contributed by atoms with Gasteiger partial charge in [0.2, 0.25) is 0 Å². The number of alkyl halides is 2. The smallest absolute Gasteiger partial charge is 0.495 e. The number of methoxy groups -OCH3 is 2. The lowest BCUT2D eigenvalue weighted by Crippen LogP contribution is -2.41. The molecule has 1 aromatic carbocycles. The Labute approximate surface area is 166 Å². The minimum absolute atomic E-state index is 0.121. The van der Waals surface area contributed by atoms with Crippen molar-refractivity contribution >= 4 is 12.6 Å². The number of likely N-dealkylation sites (tertiary alicyclic amines) is 1. The van der Waals surface area contributed by atoms with Crippen LogP contribution in [0.1, 0.15) is 46.1 Å². The van der Waals surface area contributed by atoms with Crippen LogP contribution in [0.2, 0.25) is 0 Å². The van der Waals surface area contributed by atoms with E-state index in [2.05, 4.69) is 0 Å². The maximum Gasteiger partial charge on any atom is 0.495 e. The van der Waals surface area contributed by atoms with Crippen molar-refractivity contribution in [3.8, 4) is 11.5 Å². The van der Waals surface area contributed by atoms with Gasteiger partial charge in [0.25, 0.3) is 5.92 Å². The van der Waals surface area contributed by atoms with E-state index < -0.39 is 24.2 Å². The zero-order valence-corrected chi connectivity index (χ0v) is 17.6. The summed E-state index contributed by atoms with van der Waals surface area (Å²) in [6.07, 6.45) is -0.243. The Balaban J connectivity index is 1.85. The van der Waals surface area contributed by atoms with Crippen LogP contribution in [-0.4, -0.2) is 56.5 Å². The van der Waals surface area contributed by atoms with Crippen molar-refractivity contribution in [1.82, 2.24) is 4.90 Å². The van der Waals surface area contributed by atoms with Crippen LogP contribution in [0.3, 0.4) is 0 Å². The first kappa shape index (κ1) is 21.3. The molecule has 156 valence electrons. The molecule has 0 N–H and O–H groups in total. The molecule has 0 amide bonds. The van der Waals surface area contributed by atoms with E-state index in [0.717, 1.165) is 11.0 Å². The molecule has 2 aliphatic heterocycles. The van der Waals surface area contributed by atoms with E-state index in [0.29, 0.717) is 31.1 Å². The fraction of sp³-hybridized carbons (Fsp3) is 0.700. The lowest BCUT2D eigenvalue weighted by atomic mass is 9.78. The van der Waals surface area contributed by atoms with E-state index >= 15 is 0 Å². The topological polar surface area (TPSA) is 40.2 Å². The highest BCUT2D eigenvalue weighted by atomic mass is 19.3. The number of rotatable bonds is 5. The molecule has 1 aromatic rings. The first-order chi connectivity index (χ1) is 13.0. The maximum absolute atomic E-state index is 13.5. The van der Waals surface area contributed by atoms with Gasteiger partial charge in [-0.3, -0.25) is 4.90 Å². The second-order valence-corrected chi connectivity index (χ2v) is 8.62. The van der Waals surface area contributed by atoms with Gasteiger partial charge in [-0.25, -0.2) is 8.78 Å². The SMILES string of the molecule is COc1cc(B2OC(C)(C)C(C)(C)O2)cc(OC)c1CN1CCC(F)(F)CC1. The van der Waals surface area contributed by atoms with E-state index in [4.69, 9.17) is 18.8 Å². The molecule has 0 saturated carbocycles. The van der Waals surface area contributed by atoms with Gasteiger partial charge in [0.05, 0.1) is 31.0 Å². The summed E-state index contributed by atoms with van der Waals surface area (Å²) < 4.78 is 50.4. The van der Waals surface area contributed by atoms with E-state index in [-0.39, 0.29) is 12.8 Å². The Kier molecular flexibility index (Phi) is 5.69. The van der Waals surface area contributed by atoms with E-state index in [1.807, 2.05) is 44.7 Å². The average Bonchev–Trinajstić information content (AvgIpc) is 2.84.